The van der Waals surface area contributed by atoms with Gasteiger partial charge in [-0.15, -0.1) is 0 Å². The summed E-state index contributed by atoms with van der Waals surface area (Å²) in [5.41, 5.74) is 13.2. The topological polar surface area (TPSA) is 155 Å². The lowest BCUT2D eigenvalue weighted by atomic mass is 9.82. The number of carbonyl (C=O) groups excluding carboxylic acids is 2. The average molecular weight is 688 g/mol. The van der Waals surface area contributed by atoms with Gasteiger partial charge < -0.3 is 32.0 Å². The molecule has 1 saturated heterocycles. The van der Waals surface area contributed by atoms with Crippen LogP contribution in [0.5, 0.6) is 0 Å². The lowest BCUT2D eigenvalue weighted by Gasteiger charge is -2.29. The lowest BCUT2D eigenvalue weighted by molar-refractivity contribution is -0.118. The van der Waals surface area contributed by atoms with Crippen molar-refractivity contribution in [2.75, 3.05) is 31.5 Å². The van der Waals surface area contributed by atoms with E-state index >= 15 is 0 Å². The number of hydrogen-bond donors (Lipinski definition) is 6. The first kappa shape index (κ1) is 34.6. The summed E-state index contributed by atoms with van der Waals surface area (Å²) < 4.78 is 1.68. The molecular weight excluding hydrogens is 639 g/mol. The van der Waals surface area contributed by atoms with Gasteiger partial charge in [0.1, 0.15) is 0 Å². The summed E-state index contributed by atoms with van der Waals surface area (Å²) in [7, 11) is 0. The Labute approximate surface area is 299 Å². The number of amides is 2. The fourth-order valence-electron chi connectivity index (χ4n) is 7.46. The minimum absolute atomic E-state index is 0.0143. The van der Waals surface area contributed by atoms with E-state index in [-0.39, 0.29) is 17.9 Å². The summed E-state index contributed by atoms with van der Waals surface area (Å²) in [6.07, 6.45) is 10.6. The fourth-order valence-corrected chi connectivity index (χ4v) is 7.46. The number of nitrogens with zero attached hydrogens (tertiary/aromatic N) is 3. The molecule has 1 atom stereocenters. The summed E-state index contributed by atoms with van der Waals surface area (Å²) in [5, 5.41) is 17.6. The van der Waals surface area contributed by atoms with Gasteiger partial charge in [0, 0.05) is 29.7 Å². The van der Waals surface area contributed by atoms with Crippen LogP contribution in [0.1, 0.15) is 60.0 Å². The van der Waals surface area contributed by atoms with Gasteiger partial charge in [-0.3, -0.25) is 9.59 Å². The molecule has 0 radical (unpaired) electrons. The average Bonchev–Trinajstić information content (AvgIpc) is 3.85. The highest BCUT2D eigenvalue weighted by atomic mass is 16.2. The van der Waals surface area contributed by atoms with Crippen molar-refractivity contribution in [2.24, 2.45) is 17.6 Å². The van der Waals surface area contributed by atoms with Crippen LogP contribution in [0.15, 0.2) is 79.1 Å². The molecule has 7 rings (SSSR count). The van der Waals surface area contributed by atoms with Crippen molar-refractivity contribution in [1.29, 1.82) is 0 Å². The molecule has 1 aliphatic heterocycles. The summed E-state index contributed by atoms with van der Waals surface area (Å²) in [6, 6.07) is 21.7. The number of piperidine rings is 1. The van der Waals surface area contributed by atoms with Gasteiger partial charge in [0.15, 0.2) is 0 Å². The third kappa shape index (κ3) is 8.56. The van der Waals surface area contributed by atoms with Gasteiger partial charge in [-0.2, -0.15) is 5.10 Å². The zero-order chi connectivity index (χ0) is 35.2. The van der Waals surface area contributed by atoms with Crippen molar-refractivity contribution in [3.63, 3.8) is 0 Å². The van der Waals surface area contributed by atoms with E-state index < -0.39 is 6.04 Å². The Morgan fingerprint density at radius 3 is 2.47 bits per heavy atom. The van der Waals surface area contributed by atoms with E-state index in [1.165, 1.54) is 0 Å². The van der Waals surface area contributed by atoms with Crippen LogP contribution in [0.25, 0.3) is 28.1 Å². The Morgan fingerprint density at radius 1 is 0.961 bits per heavy atom. The molecule has 1 aliphatic carbocycles. The highest BCUT2D eigenvalue weighted by molar-refractivity contribution is 5.97. The number of aromatic amines is 1. The maximum Gasteiger partial charge on any atom is 0.251 e. The predicted molar refractivity (Wildman–Crippen MR) is 202 cm³/mol. The van der Waals surface area contributed by atoms with Crippen molar-refractivity contribution >= 4 is 28.5 Å². The molecule has 3 heterocycles. The van der Waals surface area contributed by atoms with Crippen LogP contribution in [0.3, 0.4) is 0 Å². The normalized spacial score (nSPS) is 18.8. The number of rotatable bonds is 12. The lowest BCUT2D eigenvalue weighted by Crippen LogP contribution is -2.44. The van der Waals surface area contributed by atoms with Crippen molar-refractivity contribution in [2.45, 2.75) is 64.0 Å². The minimum atomic E-state index is -0.417. The zero-order valence-corrected chi connectivity index (χ0v) is 29.3. The minimum Gasteiger partial charge on any atom is -0.349 e. The quantitative estimate of drug-likeness (QED) is 0.107. The number of nitrogens with one attached hydrogen (secondary N) is 5. The first-order valence-corrected chi connectivity index (χ1v) is 18.4. The van der Waals surface area contributed by atoms with Gasteiger partial charge in [0.2, 0.25) is 11.9 Å². The van der Waals surface area contributed by atoms with E-state index in [0.29, 0.717) is 35.5 Å². The van der Waals surface area contributed by atoms with Crippen LogP contribution in [-0.2, 0) is 11.2 Å². The van der Waals surface area contributed by atoms with Gasteiger partial charge in [0.05, 0.1) is 17.1 Å². The molecule has 51 heavy (non-hydrogen) atoms. The number of imidazole rings is 1. The molecule has 0 spiro atoms. The summed E-state index contributed by atoms with van der Waals surface area (Å²) in [4.78, 5) is 34.7. The number of aromatic nitrogens is 4. The SMILES string of the molecule is Cc1cc(C(=O)NC2CCNCC2)ccc1-c1ccc(CC(NCC2CCC(CN)CC2)C(=O)Nc2ccc3nc(-n4cccn4)[nH]c3c2)cc1. The fraction of sp³-hybridized carbons (Fsp3) is 0.400. The number of aryl methyl sites for hydroxylation is 1. The van der Waals surface area contributed by atoms with Gasteiger partial charge in [-0.05, 0) is 149 Å². The van der Waals surface area contributed by atoms with Gasteiger partial charge in [-0.1, -0.05) is 30.3 Å². The van der Waals surface area contributed by atoms with Crippen molar-refractivity contribution in [3.05, 3.63) is 95.8 Å². The number of hydrogen-bond acceptors (Lipinski definition) is 7. The molecule has 2 amide bonds. The van der Waals surface area contributed by atoms with Crippen molar-refractivity contribution in [3.8, 4) is 17.1 Å². The molecule has 5 aromatic rings. The summed E-state index contributed by atoms with van der Waals surface area (Å²) >= 11 is 0. The molecule has 0 bridgehead atoms. The molecule has 11 heteroatoms. The van der Waals surface area contributed by atoms with Gasteiger partial charge in [0.25, 0.3) is 5.91 Å². The standard InChI is InChI=1S/C40H49N9O2/c1-26-21-31(38(50)45-32-15-18-42-19-16-32)11-13-34(26)30-9-7-27(8-10-30)22-37(43-25-29-5-3-28(24-41)4-6-29)39(51)46-33-12-14-35-36(23-33)48-40(47-35)49-20-2-17-44-49/h2,7-14,17,20-21,23,28-29,32,37,42-43H,3-6,15-16,18-19,22,24-25,41H2,1H3,(H,45,50)(H,46,51)(H,47,48). The van der Waals surface area contributed by atoms with Crippen molar-refractivity contribution in [1.82, 2.24) is 35.7 Å². The summed E-state index contributed by atoms with van der Waals surface area (Å²) in [6.45, 7) is 5.47. The number of benzene rings is 3. The van der Waals surface area contributed by atoms with Crippen LogP contribution in [-0.4, -0.2) is 69.8 Å². The maximum absolute atomic E-state index is 13.9. The van der Waals surface area contributed by atoms with E-state index in [1.807, 2.05) is 48.7 Å². The Kier molecular flexibility index (Phi) is 10.9. The molecule has 1 unspecified atom stereocenters. The Morgan fingerprint density at radius 2 is 1.75 bits per heavy atom. The largest absolute Gasteiger partial charge is 0.349 e. The Hall–Kier alpha value is -4.84. The first-order chi connectivity index (χ1) is 24.9. The number of carbonyl (C=O) groups is 2. The highest BCUT2D eigenvalue weighted by Crippen LogP contribution is 2.29. The number of nitrogens with two attached hydrogens (primary N) is 1. The molecule has 2 fully saturated rings. The van der Waals surface area contributed by atoms with Crippen LogP contribution in [0.2, 0.25) is 0 Å². The monoisotopic (exact) mass is 687 g/mol. The predicted octanol–water partition coefficient (Wildman–Crippen LogP) is 5.11. The molecule has 7 N–H and O–H groups in total. The third-order valence-electron chi connectivity index (χ3n) is 10.6. The van der Waals surface area contributed by atoms with E-state index in [0.717, 1.165) is 98.0 Å². The summed E-state index contributed by atoms with van der Waals surface area (Å²) in [5.74, 6) is 1.67. The van der Waals surface area contributed by atoms with E-state index in [4.69, 9.17) is 5.73 Å². The molecular formula is C40H49N9O2. The zero-order valence-electron chi connectivity index (χ0n) is 29.3. The van der Waals surface area contributed by atoms with Gasteiger partial charge >= 0.3 is 0 Å². The van der Waals surface area contributed by atoms with Crippen LogP contribution < -0.4 is 27.0 Å². The maximum atomic E-state index is 13.9. The second kappa shape index (κ2) is 16.0. The molecule has 1 saturated carbocycles. The number of anilines is 1. The molecule has 11 nitrogen and oxygen atoms in total. The van der Waals surface area contributed by atoms with Crippen molar-refractivity contribution < 1.29 is 9.59 Å². The van der Waals surface area contributed by atoms with E-state index in [2.05, 4.69) is 67.5 Å². The van der Waals surface area contributed by atoms with E-state index in [9.17, 15) is 9.59 Å². The number of fused-ring (bicyclic) bond motifs is 1. The van der Waals surface area contributed by atoms with Crippen LogP contribution in [0.4, 0.5) is 5.69 Å². The Bertz CT molecular complexity index is 1920. The van der Waals surface area contributed by atoms with Crippen LogP contribution in [0, 0.1) is 18.8 Å². The Balaban J connectivity index is 1.03. The third-order valence-corrected chi connectivity index (χ3v) is 10.6. The van der Waals surface area contributed by atoms with Gasteiger partial charge in [-0.25, -0.2) is 9.67 Å². The smallest absolute Gasteiger partial charge is 0.251 e. The highest BCUT2D eigenvalue weighted by Gasteiger charge is 2.24. The second-order valence-corrected chi connectivity index (χ2v) is 14.2. The molecule has 266 valence electrons. The number of H-pyrrole nitrogens is 1. The first-order valence-electron chi connectivity index (χ1n) is 18.4. The van der Waals surface area contributed by atoms with E-state index in [1.54, 1.807) is 10.9 Å². The second-order valence-electron chi connectivity index (χ2n) is 14.2. The molecule has 3 aromatic carbocycles. The molecule has 2 aliphatic rings. The molecule has 2 aromatic heterocycles. The van der Waals surface area contributed by atoms with Crippen LogP contribution >= 0.6 is 0 Å².